The highest BCUT2D eigenvalue weighted by Crippen LogP contribution is 2.36. The number of nitrogens with zero attached hydrogens (tertiary/aromatic N) is 2. The van der Waals surface area contributed by atoms with Crippen LogP contribution in [-0.4, -0.2) is 4.57 Å². The molecule has 0 aliphatic rings. The monoisotopic (exact) mass is 240 g/mol. The molecule has 2 nitrogen and oxygen atoms in total. The van der Waals surface area contributed by atoms with Crippen LogP contribution in [0.5, 0.6) is 0 Å². The van der Waals surface area contributed by atoms with E-state index >= 15 is 0 Å². The van der Waals surface area contributed by atoms with Crippen molar-refractivity contribution in [3.63, 3.8) is 0 Å². The smallest absolute Gasteiger partial charge is 0.0991 e. The normalized spacial score (nSPS) is 13.6. The number of aromatic nitrogens is 1. The van der Waals surface area contributed by atoms with Crippen molar-refractivity contribution in [3.05, 3.63) is 35.5 Å². The van der Waals surface area contributed by atoms with Crippen LogP contribution >= 0.6 is 0 Å². The molecule has 0 spiro atoms. The van der Waals surface area contributed by atoms with Crippen LogP contribution in [0.4, 0.5) is 0 Å². The molecule has 1 atom stereocenters. The van der Waals surface area contributed by atoms with Crippen LogP contribution in [0, 0.1) is 16.7 Å². The fourth-order valence-electron chi connectivity index (χ4n) is 2.30. The van der Waals surface area contributed by atoms with Gasteiger partial charge < -0.3 is 4.57 Å². The molecule has 0 aliphatic carbocycles. The predicted molar refractivity (Wildman–Crippen MR) is 75.5 cm³/mol. The van der Waals surface area contributed by atoms with Crippen LogP contribution in [0.3, 0.4) is 0 Å². The first-order valence-electron chi connectivity index (χ1n) is 6.34. The molecule has 0 saturated carbocycles. The molecule has 1 aromatic heterocycles. The number of hydrogen-bond donors (Lipinski definition) is 0. The Hall–Kier alpha value is -1.75. The molecule has 0 fully saturated rings. The summed E-state index contributed by atoms with van der Waals surface area (Å²) in [6.07, 6.45) is 0. The molecule has 2 aromatic rings. The van der Waals surface area contributed by atoms with Gasteiger partial charge in [0.25, 0.3) is 0 Å². The summed E-state index contributed by atoms with van der Waals surface area (Å²) in [5.74, 6) is 0.473. The summed E-state index contributed by atoms with van der Waals surface area (Å²) in [5, 5.41) is 10.1. The third kappa shape index (κ3) is 2.01. The van der Waals surface area contributed by atoms with Gasteiger partial charge in [-0.05, 0) is 29.7 Å². The van der Waals surface area contributed by atoms with Crippen molar-refractivity contribution < 1.29 is 0 Å². The van der Waals surface area contributed by atoms with Crippen LogP contribution < -0.4 is 0 Å². The molecule has 0 bridgehead atoms. The van der Waals surface area contributed by atoms with Crippen molar-refractivity contribution in [2.45, 2.75) is 33.6 Å². The zero-order valence-corrected chi connectivity index (χ0v) is 11.8. The maximum Gasteiger partial charge on any atom is 0.0991 e. The summed E-state index contributed by atoms with van der Waals surface area (Å²) in [6, 6.07) is 10.3. The van der Waals surface area contributed by atoms with Gasteiger partial charge in [0.15, 0.2) is 0 Å². The Morgan fingerprint density at radius 1 is 1.22 bits per heavy atom. The van der Waals surface area contributed by atoms with Crippen LogP contribution in [-0.2, 0) is 7.05 Å². The Kier molecular flexibility index (Phi) is 2.94. The highest BCUT2D eigenvalue weighted by Gasteiger charge is 2.24. The molecule has 1 heterocycles. The number of aryl methyl sites for hydroxylation is 1. The lowest BCUT2D eigenvalue weighted by Crippen LogP contribution is -2.17. The van der Waals surface area contributed by atoms with E-state index in [0.717, 1.165) is 10.9 Å². The van der Waals surface area contributed by atoms with Gasteiger partial charge in [-0.1, -0.05) is 27.7 Å². The lowest BCUT2D eigenvalue weighted by Gasteiger charge is -2.27. The largest absolute Gasteiger partial charge is 0.347 e. The van der Waals surface area contributed by atoms with Crippen molar-refractivity contribution in [2.24, 2.45) is 12.5 Å². The van der Waals surface area contributed by atoms with Gasteiger partial charge in [0.2, 0.25) is 0 Å². The summed E-state index contributed by atoms with van der Waals surface area (Å²) in [6.45, 7) is 9.04. The van der Waals surface area contributed by atoms with E-state index in [1.54, 1.807) is 0 Å². The Morgan fingerprint density at radius 2 is 1.89 bits per heavy atom. The molecular weight excluding hydrogens is 220 g/mol. The first kappa shape index (κ1) is 12.7. The minimum absolute atomic E-state index is 0.236. The first-order chi connectivity index (χ1) is 8.34. The highest BCUT2D eigenvalue weighted by molar-refractivity contribution is 5.83. The lowest BCUT2D eigenvalue weighted by molar-refractivity contribution is 0.330. The fraction of sp³-hybridized carbons (Fsp3) is 0.438. The third-order valence-electron chi connectivity index (χ3n) is 3.95. The van der Waals surface area contributed by atoms with E-state index in [-0.39, 0.29) is 5.41 Å². The van der Waals surface area contributed by atoms with Gasteiger partial charge in [0.1, 0.15) is 0 Å². The molecule has 18 heavy (non-hydrogen) atoms. The second-order valence-electron chi connectivity index (χ2n) is 6.10. The Bertz CT molecular complexity index is 621. The van der Waals surface area contributed by atoms with Gasteiger partial charge in [0.05, 0.1) is 11.6 Å². The standard InChI is InChI=1S/C16H20N2/c1-11(16(2,3)4)15-9-13-8-12(10-17)6-7-14(13)18(15)5/h6-9,11H,1-5H3. The molecule has 1 unspecified atom stereocenters. The molecular formula is C16H20N2. The molecule has 0 aliphatic heterocycles. The zero-order valence-electron chi connectivity index (χ0n) is 11.8. The summed E-state index contributed by atoms with van der Waals surface area (Å²) in [5.41, 5.74) is 3.48. The fourth-order valence-corrected chi connectivity index (χ4v) is 2.30. The van der Waals surface area contributed by atoms with Crippen molar-refractivity contribution >= 4 is 10.9 Å². The summed E-state index contributed by atoms with van der Waals surface area (Å²) in [4.78, 5) is 0. The van der Waals surface area contributed by atoms with Crippen molar-refractivity contribution in [3.8, 4) is 6.07 Å². The number of nitriles is 1. The van der Waals surface area contributed by atoms with E-state index in [1.165, 1.54) is 11.2 Å². The number of hydrogen-bond acceptors (Lipinski definition) is 1. The third-order valence-corrected chi connectivity index (χ3v) is 3.95. The van der Waals surface area contributed by atoms with Gasteiger partial charge in [-0.2, -0.15) is 5.26 Å². The van der Waals surface area contributed by atoms with Crippen molar-refractivity contribution in [2.75, 3.05) is 0 Å². The minimum Gasteiger partial charge on any atom is -0.347 e. The van der Waals surface area contributed by atoms with Crippen LogP contribution in [0.2, 0.25) is 0 Å². The SMILES string of the molecule is CC(c1cc2cc(C#N)ccc2n1C)C(C)(C)C. The van der Waals surface area contributed by atoms with Crippen molar-refractivity contribution in [1.29, 1.82) is 5.26 Å². The molecule has 2 heteroatoms. The van der Waals surface area contributed by atoms with E-state index in [1.807, 2.05) is 18.2 Å². The minimum atomic E-state index is 0.236. The molecule has 1 aromatic carbocycles. The van der Waals surface area contributed by atoms with Gasteiger partial charge in [0, 0.05) is 29.6 Å². The van der Waals surface area contributed by atoms with Crippen molar-refractivity contribution in [1.82, 2.24) is 4.57 Å². The molecule has 0 amide bonds. The lowest BCUT2D eigenvalue weighted by atomic mass is 9.80. The number of fused-ring (bicyclic) bond motifs is 1. The quantitative estimate of drug-likeness (QED) is 0.734. The zero-order chi connectivity index (χ0) is 13.5. The van der Waals surface area contributed by atoms with Crippen LogP contribution in [0.1, 0.15) is 44.9 Å². The molecule has 2 rings (SSSR count). The topological polar surface area (TPSA) is 28.7 Å². The van der Waals surface area contributed by atoms with E-state index in [0.29, 0.717) is 5.92 Å². The van der Waals surface area contributed by atoms with E-state index < -0.39 is 0 Å². The van der Waals surface area contributed by atoms with Crippen LogP contribution in [0.25, 0.3) is 10.9 Å². The van der Waals surface area contributed by atoms with Gasteiger partial charge in [-0.15, -0.1) is 0 Å². The van der Waals surface area contributed by atoms with E-state index in [4.69, 9.17) is 5.26 Å². The summed E-state index contributed by atoms with van der Waals surface area (Å²) < 4.78 is 2.24. The summed E-state index contributed by atoms with van der Waals surface area (Å²) in [7, 11) is 2.10. The summed E-state index contributed by atoms with van der Waals surface area (Å²) >= 11 is 0. The second-order valence-corrected chi connectivity index (χ2v) is 6.10. The van der Waals surface area contributed by atoms with Gasteiger partial charge in [-0.25, -0.2) is 0 Å². The van der Waals surface area contributed by atoms with E-state index in [9.17, 15) is 0 Å². The highest BCUT2D eigenvalue weighted by atomic mass is 14.9. The first-order valence-corrected chi connectivity index (χ1v) is 6.34. The van der Waals surface area contributed by atoms with E-state index in [2.05, 4.69) is 51.4 Å². The maximum atomic E-state index is 8.95. The Balaban J connectivity index is 2.61. The number of rotatable bonds is 1. The Morgan fingerprint density at radius 3 is 2.44 bits per heavy atom. The maximum absolute atomic E-state index is 8.95. The molecule has 0 saturated heterocycles. The molecule has 0 radical (unpaired) electrons. The number of benzene rings is 1. The average molecular weight is 240 g/mol. The van der Waals surface area contributed by atoms with Gasteiger partial charge in [-0.3, -0.25) is 0 Å². The van der Waals surface area contributed by atoms with Crippen LogP contribution in [0.15, 0.2) is 24.3 Å². The molecule has 0 N–H and O–H groups in total. The van der Waals surface area contributed by atoms with Gasteiger partial charge >= 0.3 is 0 Å². The molecule has 94 valence electrons. The predicted octanol–water partition coefficient (Wildman–Crippen LogP) is 4.20. The average Bonchev–Trinajstić information content (AvgIpc) is 2.64. The Labute approximate surface area is 109 Å². The second kappa shape index (κ2) is 4.17.